The van der Waals surface area contributed by atoms with Crippen LogP contribution in [0.5, 0.6) is 0 Å². The third kappa shape index (κ3) is 3.86. The second kappa shape index (κ2) is 8.60. The Morgan fingerprint density at radius 1 is 1.13 bits per heavy atom. The number of aromatic nitrogens is 2. The predicted molar refractivity (Wildman–Crippen MR) is 119 cm³/mol. The van der Waals surface area contributed by atoms with E-state index in [2.05, 4.69) is 53.1 Å². The second-order valence-electron chi connectivity index (χ2n) is 8.23. The van der Waals surface area contributed by atoms with Gasteiger partial charge in [0.25, 0.3) is 0 Å². The maximum Gasteiger partial charge on any atom is 0.234 e. The lowest BCUT2D eigenvalue weighted by molar-refractivity contribution is -0.125. The van der Waals surface area contributed by atoms with Gasteiger partial charge in [-0.05, 0) is 56.5 Å². The lowest BCUT2D eigenvalue weighted by atomic mass is 9.80. The molecule has 2 aliphatic rings. The van der Waals surface area contributed by atoms with Crippen LogP contribution in [0.25, 0.3) is 0 Å². The van der Waals surface area contributed by atoms with Crippen molar-refractivity contribution in [2.45, 2.75) is 46.1 Å². The lowest BCUT2D eigenvalue weighted by Gasteiger charge is -2.28. The molecule has 2 saturated heterocycles. The average Bonchev–Trinajstić information content (AvgIpc) is 3.05. The molecule has 0 spiro atoms. The molecule has 1 amide bonds. The van der Waals surface area contributed by atoms with Gasteiger partial charge >= 0.3 is 0 Å². The minimum atomic E-state index is -0.271. The summed E-state index contributed by atoms with van der Waals surface area (Å²) in [7, 11) is 0. The molecule has 4 rings (SSSR count). The molecule has 1 aromatic heterocycles. The van der Waals surface area contributed by atoms with E-state index in [9.17, 15) is 4.79 Å². The molecular formula is C23H31N5O2. The van der Waals surface area contributed by atoms with Gasteiger partial charge in [-0.3, -0.25) is 9.69 Å². The summed E-state index contributed by atoms with van der Waals surface area (Å²) in [5.41, 5.74) is 1.83. The number of ether oxygens (including phenoxy) is 1. The summed E-state index contributed by atoms with van der Waals surface area (Å²) < 4.78 is 5.42. The fraction of sp³-hybridized carbons (Fsp3) is 0.522. The number of anilines is 4. The molecule has 1 atom stereocenters. The fourth-order valence-corrected chi connectivity index (χ4v) is 4.62. The smallest absolute Gasteiger partial charge is 0.234 e. The van der Waals surface area contributed by atoms with E-state index < -0.39 is 0 Å². The quantitative estimate of drug-likeness (QED) is 0.778. The highest BCUT2D eigenvalue weighted by Gasteiger charge is 2.48. The van der Waals surface area contributed by atoms with Gasteiger partial charge in [0.15, 0.2) is 0 Å². The first-order chi connectivity index (χ1) is 14.6. The van der Waals surface area contributed by atoms with Crippen LogP contribution >= 0.6 is 0 Å². The molecule has 0 aliphatic carbocycles. The third-order valence-corrected chi connectivity index (χ3v) is 6.54. The molecule has 2 aromatic rings. The van der Waals surface area contributed by atoms with E-state index in [-0.39, 0.29) is 17.4 Å². The number of carbonyl (C=O) groups excluding carboxylic acids is 1. The van der Waals surface area contributed by atoms with Gasteiger partial charge in [-0.2, -0.15) is 4.98 Å². The summed E-state index contributed by atoms with van der Waals surface area (Å²) in [4.78, 5) is 26.4. The van der Waals surface area contributed by atoms with Crippen LogP contribution in [0.3, 0.4) is 0 Å². The molecule has 160 valence electrons. The zero-order valence-electron chi connectivity index (χ0n) is 18.1. The summed E-state index contributed by atoms with van der Waals surface area (Å²) in [5.74, 6) is 1.34. The number of rotatable bonds is 6. The van der Waals surface area contributed by atoms with Gasteiger partial charge in [-0.25, -0.2) is 4.98 Å². The number of carbonyl (C=O) groups is 1. The van der Waals surface area contributed by atoms with Crippen molar-refractivity contribution in [1.82, 2.24) is 9.97 Å². The van der Waals surface area contributed by atoms with Crippen molar-refractivity contribution in [3.63, 3.8) is 0 Å². The number of amides is 1. The van der Waals surface area contributed by atoms with Gasteiger partial charge in [0.1, 0.15) is 5.82 Å². The van der Waals surface area contributed by atoms with Crippen molar-refractivity contribution in [2.75, 3.05) is 41.4 Å². The van der Waals surface area contributed by atoms with Crippen molar-refractivity contribution >= 4 is 29.0 Å². The van der Waals surface area contributed by atoms with E-state index in [0.29, 0.717) is 11.8 Å². The lowest BCUT2D eigenvalue weighted by Crippen LogP contribution is -2.36. The average molecular weight is 410 g/mol. The Hall–Kier alpha value is -2.67. The van der Waals surface area contributed by atoms with Crippen LogP contribution in [0.4, 0.5) is 23.1 Å². The van der Waals surface area contributed by atoms with Crippen molar-refractivity contribution in [3.05, 3.63) is 36.5 Å². The van der Waals surface area contributed by atoms with E-state index in [0.717, 1.165) is 51.3 Å². The van der Waals surface area contributed by atoms with E-state index in [1.54, 1.807) is 6.20 Å². The highest BCUT2D eigenvalue weighted by molar-refractivity contribution is 5.99. The van der Waals surface area contributed by atoms with Gasteiger partial charge < -0.3 is 15.0 Å². The number of benzene rings is 1. The zero-order chi connectivity index (χ0) is 21.1. The van der Waals surface area contributed by atoms with Gasteiger partial charge in [-0.1, -0.05) is 13.8 Å². The number of morpholine rings is 1. The largest absolute Gasteiger partial charge is 0.378 e. The first kappa shape index (κ1) is 20.6. The molecule has 2 fully saturated rings. The topological polar surface area (TPSA) is 70.6 Å². The van der Waals surface area contributed by atoms with Crippen LogP contribution in [-0.2, 0) is 9.53 Å². The fourth-order valence-electron chi connectivity index (χ4n) is 4.62. The minimum Gasteiger partial charge on any atom is -0.378 e. The van der Waals surface area contributed by atoms with Crippen molar-refractivity contribution in [1.29, 1.82) is 0 Å². The normalized spacial score (nSPS) is 21.2. The molecule has 2 aliphatic heterocycles. The number of nitrogens with zero attached hydrogens (tertiary/aromatic N) is 4. The van der Waals surface area contributed by atoms with Crippen LogP contribution in [0.15, 0.2) is 36.5 Å². The van der Waals surface area contributed by atoms with Crippen molar-refractivity contribution in [3.8, 4) is 0 Å². The van der Waals surface area contributed by atoms with Gasteiger partial charge in [0.05, 0.1) is 18.6 Å². The van der Waals surface area contributed by atoms with Crippen molar-refractivity contribution < 1.29 is 9.53 Å². The van der Waals surface area contributed by atoms with Crippen LogP contribution in [0.2, 0.25) is 0 Å². The molecule has 0 bridgehead atoms. The Morgan fingerprint density at radius 2 is 1.83 bits per heavy atom. The first-order valence-electron chi connectivity index (χ1n) is 10.9. The highest BCUT2D eigenvalue weighted by Crippen LogP contribution is 2.43. The molecule has 7 heteroatoms. The van der Waals surface area contributed by atoms with E-state index in [1.807, 2.05) is 23.1 Å². The minimum absolute atomic E-state index is 0.132. The standard InChI is InChI=1S/C23H31N5O2/c1-4-23(5-2)16-17(3)28(21(23)29)20-10-11-24-22(26-20)25-18-6-8-19(9-7-18)27-12-14-30-15-13-27/h6-11,17H,4-5,12-16H2,1-3H3,(H,24,25,26). The molecule has 0 saturated carbocycles. The Bertz CT molecular complexity index is 875. The Kier molecular flexibility index (Phi) is 5.90. The van der Waals surface area contributed by atoms with Crippen LogP contribution in [-0.4, -0.2) is 48.2 Å². The third-order valence-electron chi connectivity index (χ3n) is 6.54. The molecule has 7 nitrogen and oxygen atoms in total. The van der Waals surface area contributed by atoms with Crippen LogP contribution in [0, 0.1) is 5.41 Å². The van der Waals surface area contributed by atoms with Gasteiger partial charge in [0, 0.05) is 36.7 Å². The zero-order valence-corrected chi connectivity index (χ0v) is 18.1. The number of nitrogens with one attached hydrogen (secondary N) is 1. The monoisotopic (exact) mass is 409 g/mol. The summed E-state index contributed by atoms with van der Waals surface area (Å²) in [6, 6.07) is 10.2. The first-order valence-corrected chi connectivity index (χ1v) is 10.9. The molecule has 1 N–H and O–H groups in total. The van der Waals surface area contributed by atoms with Crippen LogP contribution < -0.4 is 15.1 Å². The molecule has 1 aromatic carbocycles. The van der Waals surface area contributed by atoms with E-state index in [4.69, 9.17) is 4.74 Å². The maximum absolute atomic E-state index is 13.2. The molecule has 3 heterocycles. The van der Waals surface area contributed by atoms with Gasteiger partial charge in [-0.15, -0.1) is 0 Å². The molecular weight excluding hydrogens is 378 g/mol. The van der Waals surface area contributed by atoms with Crippen molar-refractivity contribution in [2.24, 2.45) is 5.41 Å². The Balaban J connectivity index is 1.49. The maximum atomic E-state index is 13.2. The number of hydrogen-bond acceptors (Lipinski definition) is 6. The van der Waals surface area contributed by atoms with Crippen LogP contribution in [0.1, 0.15) is 40.0 Å². The summed E-state index contributed by atoms with van der Waals surface area (Å²) >= 11 is 0. The second-order valence-corrected chi connectivity index (χ2v) is 8.23. The van der Waals surface area contributed by atoms with Gasteiger partial charge in [0.2, 0.25) is 11.9 Å². The predicted octanol–water partition coefficient (Wildman–Crippen LogP) is 3.99. The SMILES string of the molecule is CCC1(CC)CC(C)N(c2ccnc(Nc3ccc(N4CCOCC4)cc3)n2)C1=O. The summed E-state index contributed by atoms with van der Waals surface area (Å²) in [6.07, 6.45) is 4.29. The van der Waals surface area contributed by atoms with E-state index >= 15 is 0 Å². The Morgan fingerprint density at radius 3 is 2.47 bits per heavy atom. The number of hydrogen-bond donors (Lipinski definition) is 1. The van der Waals surface area contributed by atoms with E-state index in [1.165, 1.54) is 5.69 Å². The molecule has 1 unspecified atom stereocenters. The summed E-state index contributed by atoms with van der Waals surface area (Å²) in [6.45, 7) is 9.67. The molecule has 30 heavy (non-hydrogen) atoms. The molecule has 0 radical (unpaired) electrons. The summed E-state index contributed by atoms with van der Waals surface area (Å²) in [5, 5.41) is 3.27. The Labute approximate surface area is 178 Å². The highest BCUT2D eigenvalue weighted by atomic mass is 16.5.